The number of rotatable bonds is 19. The van der Waals surface area contributed by atoms with E-state index >= 15 is 0 Å². The molecule has 3 saturated heterocycles. The number of carbonyl (C=O) groups is 1. The molecular formula is C38H58N3O7+. The standard InChI is InChI=1S/C38H57N3O7/c1-4-8-37(39-23-34(44)29-11-13-33(43)32(22-29)40-26-42)47-20-7-17-41-18-15-28(16-19-41)36(24-41)48-25-38(45,30-9-5-6-10-30)31-12-14-35(46-3)27(2)21-31/h11-14,21-22,26,28,30,34,36-37,39,44-45H,4-10,15-20,23-25H2,1-3H3,(H-,40,42,43)/p+1/t28?,34-,36-,37?,38-,41?/m0/s1. The summed E-state index contributed by atoms with van der Waals surface area (Å²) < 4.78 is 19.6. The summed E-state index contributed by atoms with van der Waals surface area (Å²) in [4.78, 5) is 10.8. The molecule has 1 amide bonds. The number of quaternary nitrogens is 1. The number of aliphatic hydroxyl groups is 2. The van der Waals surface area contributed by atoms with Gasteiger partial charge in [0.1, 0.15) is 36.0 Å². The second-order valence-electron chi connectivity index (χ2n) is 14.4. The molecule has 5 N–H and O–H groups in total. The van der Waals surface area contributed by atoms with Crippen molar-refractivity contribution >= 4 is 12.1 Å². The van der Waals surface area contributed by atoms with Gasteiger partial charge < -0.3 is 39.3 Å². The highest BCUT2D eigenvalue weighted by Crippen LogP contribution is 2.43. The van der Waals surface area contributed by atoms with E-state index in [2.05, 4.69) is 23.6 Å². The Balaban J connectivity index is 1.12. The second-order valence-corrected chi connectivity index (χ2v) is 14.4. The van der Waals surface area contributed by atoms with Crippen LogP contribution in [0.15, 0.2) is 36.4 Å². The van der Waals surface area contributed by atoms with Crippen LogP contribution in [0.25, 0.3) is 0 Å². The SMILES string of the molecule is CCCC(NC[C@H](O)c1ccc(O)c(NC=O)c1)OCCC[N+]12CCC(CC1)[C@@H](OC[C@@](O)(c1ccc(OC)c(C)c1)C1CCCC1)C2. The summed E-state index contributed by atoms with van der Waals surface area (Å²) in [5.41, 5.74) is 1.85. The number of methoxy groups -OCH3 is 1. The molecule has 0 spiro atoms. The molecule has 3 aliphatic heterocycles. The number of fused-ring (bicyclic) bond motifs is 3. The fraction of sp³-hybridized carbons (Fsp3) is 0.658. The Bertz CT molecular complexity index is 1330. The summed E-state index contributed by atoms with van der Waals surface area (Å²) in [7, 11) is 1.69. The van der Waals surface area contributed by atoms with Gasteiger partial charge in [-0.15, -0.1) is 0 Å². The molecule has 1 unspecified atom stereocenters. The predicted molar refractivity (Wildman–Crippen MR) is 186 cm³/mol. The van der Waals surface area contributed by atoms with Crippen molar-refractivity contribution < 1.29 is 38.8 Å². The lowest BCUT2D eigenvalue weighted by molar-refractivity contribution is -0.946. The van der Waals surface area contributed by atoms with E-state index in [1.54, 1.807) is 19.2 Å². The van der Waals surface area contributed by atoms with Crippen molar-refractivity contribution in [2.75, 3.05) is 58.4 Å². The van der Waals surface area contributed by atoms with E-state index in [0.717, 1.165) is 92.2 Å². The van der Waals surface area contributed by atoms with Crippen molar-refractivity contribution in [1.82, 2.24) is 5.32 Å². The molecule has 1 saturated carbocycles. The molecule has 2 aromatic rings. The second kappa shape index (κ2) is 16.8. The van der Waals surface area contributed by atoms with E-state index in [1.807, 2.05) is 19.1 Å². The van der Waals surface area contributed by atoms with Gasteiger partial charge in [0.15, 0.2) is 0 Å². The van der Waals surface area contributed by atoms with E-state index < -0.39 is 11.7 Å². The molecule has 10 heteroatoms. The van der Waals surface area contributed by atoms with Crippen LogP contribution in [0, 0.1) is 18.8 Å². The van der Waals surface area contributed by atoms with Crippen LogP contribution in [0.5, 0.6) is 11.5 Å². The molecule has 2 aromatic carbocycles. The highest BCUT2D eigenvalue weighted by Gasteiger charge is 2.48. The lowest BCUT2D eigenvalue weighted by Gasteiger charge is -2.53. The van der Waals surface area contributed by atoms with Crippen molar-refractivity contribution in [3.8, 4) is 11.5 Å². The lowest BCUT2D eigenvalue weighted by atomic mass is 9.79. The van der Waals surface area contributed by atoms with E-state index in [4.69, 9.17) is 14.2 Å². The van der Waals surface area contributed by atoms with Gasteiger partial charge in [0.2, 0.25) is 6.41 Å². The van der Waals surface area contributed by atoms with E-state index in [-0.39, 0.29) is 29.7 Å². The fourth-order valence-corrected chi connectivity index (χ4v) is 8.38. The fourth-order valence-electron chi connectivity index (χ4n) is 8.38. The van der Waals surface area contributed by atoms with E-state index in [0.29, 0.717) is 37.6 Å². The number of ether oxygens (including phenoxy) is 3. The zero-order chi connectivity index (χ0) is 34.1. The third kappa shape index (κ3) is 8.70. The number of carbonyl (C=O) groups excluding carboxylic acids is 1. The Morgan fingerprint density at radius 3 is 2.56 bits per heavy atom. The number of amides is 1. The van der Waals surface area contributed by atoms with Gasteiger partial charge in [0, 0.05) is 31.7 Å². The Kier molecular flexibility index (Phi) is 12.8. The normalized spacial score (nSPS) is 25.0. The number of hydrogen-bond acceptors (Lipinski definition) is 8. The summed E-state index contributed by atoms with van der Waals surface area (Å²) in [6, 6.07) is 10.8. The molecule has 0 radical (unpaired) electrons. The van der Waals surface area contributed by atoms with Crippen LogP contribution in [0.2, 0.25) is 0 Å². The minimum atomic E-state index is -0.996. The molecule has 6 rings (SSSR count). The van der Waals surface area contributed by atoms with Crippen molar-refractivity contribution in [2.24, 2.45) is 11.8 Å². The number of benzene rings is 2. The van der Waals surface area contributed by atoms with E-state index in [1.165, 1.54) is 19.2 Å². The van der Waals surface area contributed by atoms with Crippen molar-refractivity contribution in [3.63, 3.8) is 0 Å². The third-order valence-electron chi connectivity index (χ3n) is 11.3. The maximum atomic E-state index is 12.3. The highest BCUT2D eigenvalue weighted by atomic mass is 16.5. The Hall–Kier alpha value is -2.73. The number of aryl methyl sites for hydroxylation is 1. The highest BCUT2D eigenvalue weighted by molar-refractivity contribution is 5.75. The molecule has 48 heavy (non-hydrogen) atoms. The number of aromatic hydroxyl groups is 1. The molecule has 4 atom stereocenters. The number of hydrogen-bond donors (Lipinski definition) is 5. The smallest absolute Gasteiger partial charge is 0.211 e. The summed E-state index contributed by atoms with van der Waals surface area (Å²) >= 11 is 0. The van der Waals surface area contributed by atoms with Gasteiger partial charge in [-0.1, -0.05) is 38.3 Å². The minimum absolute atomic E-state index is 0.0466. The van der Waals surface area contributed by atoms with E-state index in [9.17, 15) is 20.1 Å². The Morgan fingerprint density at radius 2 is 1.88 bits per heavy atom. The molecule has 4 fully saturated rings. The van der Waals surface area contributed by atoms with Gasteiger partial charge >= 0.3 is 0 Å². The van der Waals surface area contributed by atoms with Crippen LogP contribution in [-0.4, -0.2) is 91.6 Å². The monoisotopic (exact) mass is 668 g/mol. The van der Waals surface area contributed by atoms with Gasteiger partial charge in [-0.3, -0.25) is 10.1 Å². The van der Waals surface area contributed by atoms with Crippen molar-refractivity contribution in [1.29, 1.82) is 0 Å². The number of anilines is 1. The summed E-state index contributed by atoms with van der Waals surface area (Å²) in [5, 5.41) is 38.7. The van der Waals surface area contributed by atoms with Gasteiger partial charge in [0.05, 0.1) is 51.7 Å². The molecule has 10 nitrogen and oxygen atoms in total. The number of nitrogens with zero attached hydrogens (tertiary/aromatic N) is 1. The first kappa shape index (κ1) is 36.5. The number of phenols is 1. The summed E-state index contributed by atoms with van der Waals surface area (Å²) in [6.45, 7) is 9.79. The van der Waals surface area contributed by atoms with Crippen LogP contribution in [-0.2, 0) is 19.9 Å². The topological polar surface area (TPSA) is 130 Å². The summed E-state index contributed by atoms with van der Waals surface area (Å²) in [6.07, 6.45) is 9.08. The van der Waals surface area contributed by atoms with Gasteiger partial charge in [-0.2, -0.15) is 0 Å². The molecule has 4 aliphatic rings. The van der Waals surface area contributed by atoms with Gasteiger partial charge in [0.25, 0.3) is 0 Å². The minimum Gasteiger partial charge on any atom is -0.506 e. The number of nitrogens with one attached hydrogen (secondary N) is 2. The molecule has 266 valence electrons. The zero-order valence-electron chi connectivity index (χ0n) is 29.2. The largest absolute Gasteiger partial charge is 0.506 e. The maximum absolute atomic E-state index is 12.3. The van der Waals surface area contributed by atoms with Crippen LogP contribution in [0.1, 0.15) is 87.5 Å². The first-order valence-corrected chi connectivity index (χ1v) is 18.1. The average Bonchev–Trinajstić information content (AvgIpc) is 3.65. The number of phenolic OH excluding ortho intramolecular Hbond substituents is 1. The summed E-state index contributed by atoms with van der Waals surface area (Å²) in [5.74, 6) is 1.55. The first-order valence-electron chi connectivity index (χ1n) is 18.1. The van der Waals surface area contributed by atoms with Crippen LogP contribution < -0.4 is 15.4 Å². The zero-order valence-corrected chi connectivity index (χ0v) is 29.2. The van der Waals surface area contributed by atoms with Crippen molar-refractivity contribution in [3.05, 3.63) is 53.1 Å². The average molecular weight is 669 g/mol. The number of piperidine rings is 3. The first-order chi connectivity index (χ1) is 23.2. The van der Waals surface area contributed by atoms with Crippen LogP contribution >= 0.6 is 0 Å². The predicted octanol–water partition coefficient (Wildman–Crippen LogP) is 5.14. The lowest BCUT2D eigenvalue weighted by Crippen LogP contribution is -2.65. The van der Waals surface area contributed by atoms with Crippen molar-refractivity contribution in [2.45, 2.75) is 95.7 Å². The molecule has 3 heterocycles. The molecule has 0 aromatic heterocycles. The molecule has 2 bridgehead atoms. The third-order valence-corrected chi connectivity index (χ3v) is 11.3. The Labute approximate surface area is 286 Å². The quantitative estimate of drug-likeness (QED) is 0.0458. The Morgan fingerprint density at radius 1 is 1.10 bits per heavy atom. The van der Waals surface area contributed by atoms with Gasteiger partial charge in [-0.05, 0) is 73.1 Å². The van der Waals surface area contributed by atoms with Crippen LogP contribution in [0.3, 0.4) is 0 Å². The molecule has 1 aliphatic carbocycles. The van der Waals surface area contributed by atoms with Gasteiger partial charge in [-0.25, -0.2) is 0 Å². The van der Waals surface area contributed by atoms with Crippen LogP contribution in [0.4, 0.5) is 5.69 Å². The number of aliphatic hydroxyl groups excluding tert-OH is 1. The maximum Gasteiger partial charge on any atom is 0.211 e. The molecular weight excluding hydrogens is 610 g/mol.